The molecule has 31 heavy (non-hydrogen) atoms. The van der Waals surface area contributed by atoms with Crippen LogP contribution < -0.4 is 0 Å². The molecule has 4 heteroatoms. The molecule has 3 nitrogen and oxygen atoms in total. The molecule has 1 amide bonds. The number of likely N-dealkylation sites (tertiary alicyclic amines) is 1. The summed E-state index contributed by atoms with van der Waals surface area (Å²) >= 11 is 6.02. The highest BCUT2D eigenvalue weighted by Gasteiger charge is 2.29. The van der Waals surface area contributed by atoms with Crippen molar-refractivity contribution in [3.05, 3.63) is 107 Å². The SMILES string of the molecule is O=C([C@H]1CCCN(Cc2ccc(Cl)cc2)C1)N(Cc1ccccc1)Cc1ccccc1. The number of piperidine rings is 1. The van der Waals surface area contributed by atoms with Gasteiger partial charge in [0.05, 0.1) is 5.92 Å². The minimum Gasteiger partial charge on any atom is -0.334 e. The lowest BCUT2D eigenvalue weighted by molar-refractivity contribution is -0.138. The summed E-state index contributed by atoms with van der Waals surface area (Å²) in [6.07, 6.45) is 2.00. The third-order valence-corrected chi connectivity index (χ3v) is 6.17. The van der Waals surface area contributed by atoms with Crippen molar-refractivity contribution in [1.82, 2.24) is 9.80 Å². The van der Waals surface area contributed by atoms with Gasteiger partial charge in [-0.2, -0.15) is 0 Å². The van der Waals surface area contributed by atoms with Crippen LogP contribution in [-0.4, -0.2) is 28.8 Å². The Labute approximate surface area is 190 Å². The molecule has 160 valence electrons. The maximum Gasteiger partial charge on any atom is 0.227 e. The Bertz CT molecular complexity index is 918. The molecule has 3 aromatic carbocycles. The number of hydrogen-bond donors (Lipinski definition) is 0. The maximum absolute atomic E-state index is 13.6. The Morgan fingerprint density at radius 3 is 2.00 bits per heavy atom. The summed E-state index contributed by atoms with van der Waals surface area (Å²) in [4.78, 5) is 18.1. The van der Waals surface area contributed by atoms with E-state index in [0.717, 1.165) is 37.5 Å². The second-order valence-electron chi connectivity index (χ2n) is 8.37. The normalized spacial score (nSPS) is 16.7. The zero-order chi connectivity index (χ0) is 21.5. The number of carbonyl (C=O) groups excluding carboxylic acids is 1. The summed E-state index contributed by atoms with van der Waals surface area (Å²) in [6.45, 7) is 3.98. The number of nitrogens with zero attached hydrogens (tertiary/aromatic N) is 2. The molecule has 0 aromatic heterocycles. The van der Waals surface area contributed by atoms with Gasteiger partial charge in [-0.05, 0) is 48.2 Å². The van der Waals surface area contributed by atoms with Crippen molar-refractivity contribution in [1.29, 1.82) is 0 Å². The first kappa shape index (κ1) is 21.6. The van der Waals surface area contributed by atoms with Gasteiger partial charge in [0, 0.05) is 31.2 Å². The van der Waals surface area contributed by atoms with Crippen molar-refractivity contribution in [2.24, 2.45) is 5.92 Å². The molecule has 1 heterocycles. The zero-order valence-electron chi connectivity index (χ0n) is 17.8. The largest absolute Gasteiger partial charge is 0.334 e. The van der Waals surface area contributed by atoms with E-state index in [1.807, 2.05) is 53.4 Å². The van der Waals surface area contributed by atoms with Crippen molar-refractivity contribution < 1.29 is 4.79 Å². The molecular formula is C27H29ClN2O. The van der Waals surface area contributed by atoms with Crippen molar-refractivity contribution in [3.63, 3.8) is 0 Å². The van der Waals surface area contributed by atoms with E-state index in [9.17, 15) is 4.79 Å². The van der Waals surface area contributed by atoms with Crippen LogP contribution in [0, 0.1) is 5.92 Å². The smallest absolute Gasteiger partial charge is 0.227 e. The molecule has 1 atom stereocenters. The van der Waals surface area contributed by atoms with E-state index in [2.05, 4.69) is 41.3 Å². The number of hydrogen-bond acceptors (Lipinski definition) is 2. The van der Waals surface area contributed by atoms with E-state index < -0.39 is 0 Å². The third kappa shape index (κ3) is 6.19. The molecule has 4 rings (SSSR count). The summed E-state index contributed by atoms with van der Waals surface area (Å²) in [7, 11) is 0. The molecule has 1 saturated heterocycles. The van der Waals surface area contributed by atoms with Gasteiger partial charge < -0.3 is 4.90 Å². The molecule has 0 radical (unpaired) electrons. The average molecular weight is 433 g/mol. The summed E-state index contributed by atoms with van der Waals surface area (Å²) in [5, 5.41) is 0.757. The van der Waals surface area contributed by atoms with E-state index in [0.29, 0.717) is 13.1 Å². The van der Waals surface area contributed by atoms with Gasteiger partial charge in [-0.3, -0.25) is 9.69 Å². The Morgan fingerprint density at radius 2 is 1.42 bits per heavy atom. The Morgan fingerprint density at radius 1 is 0.839 bits per heavy atom. The Kier molecular flexibility index (Phi) is 7.39. The van der Waals surface area contributed by atoms with Crippen molar-refractivity contribution in [3.8, 4) is 0 Å². The molecule has 0 N–H and O–H groups in total. The lowest BCUT2D eigenvalue weighted by Crippen LogP contribution is -2.44. The highest BCUT2D eigenvalue weighted by Crippen LogP contribution is 2.23. The van der Waals surface area contributed by atoms with Crippen LogP contribution in [0.15, 0.2) is 84.9 Å². The topological polar surface area (TPSA) is 23.6 Å². The molecule has 1 aliphatic rings. The lowest BCUT2D eigenvalue weighted by atomic mass is 9.95. The first-order chi connectivity index (χ1) is 15.2. The minimum atomic E-state index is 0.0356. The number of halogens is 1. The van der Waals surface area contributed by atoms with Gasteiger partial charge >= 0.3 is 0 Å². The fraction of sp³-hybridized carbons (Fsp3) is 0.296. The number of carbonyl (C=O) groups is 1. The van der Waals surface area contributed by atoms with Gasteiger partial charge in [-0.25, -0.2) is 0 Å². The summed E-state index contributed by atoms with van der Waals surface area (Å²) in [5.74, 6) is 0.294. The van der Waals surface area contributed by atoms with Crippen LogP contribution in [0.4, 0.5) is 0 Å². The number of rotatable bonds is 7. The molecular weight excluding hydrogens is 404 g/mol. The molecule has 0 aliphatic carbocycles. The number of benzene rings is 3. The predicted molar refractivity (Wildman–Crippen MR) is 127 cm³/mol. The first-order valence-electron chi connectivity index (χ1n) is 11.0. The molecule has 3 aromatic rings. The Balaban J connectivity index is 1.46. The molecule has 1 fully saturated rings. The summed E-state index contributed by atoms with van der Waals surface area (Å²) in [5.41, 5.74) is 3.57. The quantitative estimate of drug-likeness (QED) is 0.472. The van der Waals surface area contributed by atoms with Gasteiger partial charge in [0.15, 0.2) is 0 Å². The van der Waals surface area contributed by atoms with Gasteiger partial charge in [0.25, 0.3) is 0 Å². The van der Waals surface area contributed by atoms with Gasteiger partial charge in [0.2, 0.25) is 5.91 Å². The maximum atomic E-state index is 13.6. The van der Waals surface area contributed by atoms with E-state index >= 15 is 0 Å². The third-order valence-electron chi connectivity index (χ3n) is 5.92. The molecule has 0 unspecified atom stereocenters. The number of amides is 1. The van der Waals surface area contributed by atoms with Crippen LogP contribution in [0.1, 0.15) is 29.5 Å². The van der Waals surface area contributed by atoms with Crippen LogP contribution in [0.2, 0.25) is 5.02 Å². The highest BCUT2D eigenvalue weighted by molar-refractivity contribution is 6.30. The van der Waals surface area contributed by atoms with Crippen molar-refractivity contribution >= 4 is 17.5 Å². The van der Waals surface area contributed by atoms with Crippen molar-refractivity contribution in [2.45, 2.75) is 32.5 Å². The highest BCUT2D eigenvalue weighted by atomic mass is 35.5. The lowest BCUT2D eigenvalue weighted by Gasteiger charge is -2.35. The second kappa shape index (κ2) is 10.6. The molecule has 1 aliphatic heterocycles. The molecule has 0 saturated carbocycles. The average Bonchev–Trinajstić information content (AvgIpc) is 2.81. The van der Waals surface area contributed by atoms with E-state index in [-0.39, 0.29) is 11.8 Å². The van der Waals surface area contributed by atoms with E-state index in [4.69, 9.17) is 11.6 Å². The predicted octanol–water partition coefficient (Wildman–Crippen LogP) is 5.78. The first-order valence-corrected chi connectivity index (χ1v) is 11.4. The second-order valence-corrected chi connectivity index (χ2v) is 8.80. The van der Waals surface area contributed by atoms with Gasteiger partial charge in [-0.1, -0.05) is 84.4 Å². The van der Waals surface area contributed by atoms with Gasteiger partial charge in [0.1, 0.15) is 0 Å². The monoisotopic (exact) mass is 432 g/mol. The molecule has 0 spiro atoms. The summed E-state index contributed by atoms with van der Waals surface area (Å²) < 4.78 is 0. The fourth-order valence-electron chi connectivity index (χ4n) is 4.33. The summed E-state index contributed by atoms with van der Waals surface area (Å²) in [6, 6.07) is 28.6. The standard InChI is InChI=1S/C27H29ClN2O/c28-26-15-13-24(14-16-26)18-29-17-7-12-25(21-29)27(31)30(19-22-8-3-1-4-9-22)20-23-10-5-2-6-11-23/h1-6,8-11,13-16,25H,7,12,17-21H2/t25-/m0/s1. The van der Waals surface area contributed by atoms with Crippen LogP contribution in [0.3, 0.4) is 0 Å². The van der Waals surface area contributed by atoms with Crippen LogP contribution in [0.25, 0.3) is 0 Å². The fourth-order valence-corrected chi connectivity index (χ4v) is 4.45. The Hall–Kier alpha value is -2.62. The van der Waals surface area contributed by atoms with Crippen molar-refractivity contribution in [2.75, 3.05) is 13.1 Å². The van der Waals surface area contributed by atoms with E-state index in [1.54, 1.807) is 0 Å². The van der Waals surface area contributed by atoms with Gasteiger partial charge in [-0.15, -0.1) is 0 Å². The van der Waals surface area contributed by atoms with E-state index in [1.165, 1.54) is 16.7 Å². The van der Waals surface area contributed by atoms with Crippen LogP contribution in [-0.2, 0) is 24.4 Å². The zero-order valence-corrected chi connectivity index (χ0v) is 18.5. The molecule has 0 bridgehead atoms. The van der Waals surface area contributed by atoms with Crippen LogP contribution in [0.5, 0.6) is 0 Å². The minimum absolute atomic E-state index is 0.0356. The van der Waals surface area contributed by atoms with Crippen LogP contribution >= 0.6 is 11.6 Å².